The van der Waals surface area contributed by atoms with Gasteiger partial charge in [-0.25, -0.2) is 0 Å². The van der Waals surface area contributed by atoms with Crippen LogP contribution < -0.4 is 51.4 Å². The predicted molar refractivity (Wildman–Crippen MR) is 68.9 cm³/mol. The first-order valence-electron chi connectivity index (χ1n) is 6.00. The molecule has 0 radical (unpaired) electrons. The third kappa shape index (κ3) is 8.06. The summed E-state index contributed by atoms with van der Waals surface area (Å²) in [5.74, 6) is 0. The first-order chi connectivity index (χ1) is 7.86. The fraction of sp³-hybridized carbons (Fsp3) is 0.400. The van der Waals surface area contributed by atoms with Crippen LogP contribution in [0.25, 0.3) is 6.08 Å². The van der Waals surface area contributed by atoms with E-state index in [0.29, 0.717) is 0 Å². The molecule has 0 fully saturated rings. The van der Waals surface area contributed by atoms with Crippen LogP contribution in [0.4, 0.5) is 0 Å². The number of hydrogen-bond donors (Lipinski definition) is 0. The Balaban J connectivity index is 0.00000256. The van der Waals surface area contributed by atoms with Crippen molar-refractivity contribution in [2.75, 3.05) is 0 Å². The molecule has 1 nitrogen and oxygen atoms in total. The van der Waals surface area contributed by atoms with Crippen molar-refractivity contribution in [3.8, 4) is 0 Å². The van der Waals surface area contributed by atoms with Crippen LogP contribution in [0.5, 0.6) is 0 Å². The Morgan fingerprint density at radius 1 is 1.18 bits per heavy atom. The SMILES string of the molecule is CCCCCC/C([C-]=O)=C\c1ccccc1.[K+]. The molecule has 86 valence electrons. The molecular formula is C15H19KO. The number of hydrogen-bond acceptors (Lipinski definition) is 1. The topological polar surface area (TPSA) is 17.1 Å². The molecule has 1 aromatic rings. The minimum Gasteiger partial charge on any atom is -0.419 e. The first-order valence-corrected chi connectivity index (χ1v) is 6.00. The summed E-state index contributed by atoms with van der Waals surface area (Å²) < 4.78 is 0. The van der Waals surface area contributed by atoms with Crippen LogP contribution in [-0.2, 0) is 4.79 Å². The molecule has 0 atom stereocenters. The average Bonchev–Trinajstić information content (AvgIpc) is 2.34. The van der Waals surface area contributed by atoms with Crippen LogP contribution in [-0.4, -0.2) is 6.29 Å². The molecule has 0 spiro atoms. The largest absolute Gasteiger partial charge is 1.00 e. The van der Waals surface area contributed by atoms with E-state index in [-0.39, 0.29) is 51.4 Å². The molecule has 0 saturated carbocycles. The Hall–Kier alpha value is 0.266. The van der Waals surface area contributed by atoms with Gasteiger partial charge in [0.15, 0.2) is 0 Å². The quantitative estimate of drug-likeness (QED) is 0.309. The van der Waals surface area contributed by atoms with Gasteiger partial charge in [0, 0.05) is 0 Å². The maximum Gasteiger partial charge on any atom is 1.00 e. The van der Waals surface area contributed by atoms with E-state index in [0.717, 1.165) is 24.0 Å². The zero-order valence-electron chi connectivity index (χ0n) is 10.9. The molecule has 17 heavy (non-hydrogen) atoms. The Bertz CT molecular complexity index is 330. The molecule has 0 saturated heterocycles. The Labute approximate surface area is 147 Å². The Kier molecular flexibility index (Phi) is 11.5. The van der Waals surface area contributed by atoms with Crippen molar-refractivity contribution in [3.05, 3.63) is 41.5 Å². The van der Waals surface area contributed by atoms with E-state index >= 15 is 0 Å². The van der Waals surface area contributed by atoms with E-state index in [9.17, 15) is 4.79 Å². The molecule has 0 unspecified atom stereocenters. The maximum absolute atomic E-state index is 10.8. The van der Waals surface area contributed by atoms with Gasteiger partial charge < -0.3 is 4.79 Å². The average molecular weight is 254 g/mol. The van der Waals surface area contributed by atoms with Crippen molar-refractivity contribution in [3.63, 3.8) is 0 Å². The maximum atomic E-state index is 10.8. The molecule has 2 heteroatoms. The van der Waals surface area contributed by atoms with Crippen molar-refractivity contribution < 1.29 is 56.2 Å². The van der Waals surface area contributed by atoms with Gasteiger partial charge in [-0.15, -0.1) is 5.56 Å². The molecule has 1 rings (SSSR count). The third-order valence-electron chi connectivity index (χ3n) is 2.57. The van der Waals surface area contributed by atoms with E-state index in [1.54, 1.807) is 0 Å². The molecule has 0 aliphatic rings. The van der Waals surface area contributed by atoms with Crippen molar-refractivity contribution in [2.24, 2.45) is 0 Å². The second-order valence-corrected chi connectivity index (χ2v) is 3.99. The summed E-state index contributed by atoms with van der Waals surface area (Å²) in [4.78, 5) is 10.8. The number of rotatable bonds is 7. The van der Waals surface area contributed by atoms with Crippen molar-refractivity contribution in [1.82, 2.24) is 0 Å². The summed E-state index contributed by atoms with van der Waals surface area (Å²) in [5, 5.41) is 0. The molecule has 0 amide bonds. The van der Waals surface area contributed by atoms with Gasteiger partial charge in [-0.05, 0) is 6.29 Å². The minimum atomic E-state index is 0. The minimum absolute atomic E-state index is 0. The molecule has 0 aliphatic heterocycles. The molecular weight excluding hydrogens is 235 g/mol. The Morgan fingerprint density at radius 3 is 2.47 bits per heavy atom. The van der Waals surface area contributed by atoms with E-state index in [2.05, 4.69) is 6.92 Å². The number of allylic oxidation sites excluding steroid dienone is 1. The molecule has 0 aromatic heterocycles. The summed E-state index contributed by atoms with van der Waals surface area (Å²) in [6, 6.07) is 9.94. The van der Waals surface area contributed by atoms with Gasteiger partial charge in [0.25, 0.3) is 0 Å². The second kappa shape index (κ2) is 11.4. The standard InChI is InChI=1S/C15H19O.K/c1-2-3-4-6-11-15(13-16)12-14-9-7-5-8-10-14;/h5,7-10,12H,2-4,6,11H2,1H3;/q-1;+1/b15-12+;. The fourth-order valence-electron chi connectivity index (χ4n) is 1.65. The Morgan fingerprint density at radius 2 is 1.88 bits per heavy atom. The molecule has 0 N–H and O–H groups in total. The third-order valence-corrected chi connectivity index (χ3v) is 2.57. The number of carbonyl (C=O) groups excluding carboxylic acids is 1. The van der Waals surface area contributed by atoms with Crippen molar-refractivity contribution >= 4 is 12.4 Å². The monoisotopic (exact) mass is 254 g/mol. The second-order valence-electron chi connectivity index (χ2n) is 3.99. The fourth-order valence-corrected chi connectivity index (χ4v) is 1.65. The van der Waals surface area contributed by atoms with Gasteiger partial charge in [0.1, 0.15) is 0 Å². The van der Waals surface area contributed by atoms with Crippen LogP contribution in [0.2, 0.25) is 0 Å². The predicted octanol–water partition coefficient (Wildman–Crippen LogP) is 1.15. The van der Waals surface area contributed by atoms with Gasteiger partial charge in [-0.3, -0.25) is 0 Å². The number of benzene rings is 1. The first kappa shape index (κ1) is 17.3. The smallest absolute Gasteiger partial charge is 0.419 e. The van der Waals surface area contributed by atoms with Crippen LogP contribution in [0.1, 0.15) is 44.6 Å². The van der Waals surface area contributed by atoms with Crippen LogP contribution in [0.15, 0.2) is 35.9 Å². The molecule has 0 aliphatic carbocycles. The van der Waals surface area contributed by atoms with Gasteiger partial charge in [-0.2, -0.15) is 11.6 Å². The summed E-state index contributed by atoms with van der Waals surface area (Å²) >= 11 is 0. The van der Waals surface area contributed by atoms with Crippen LogP contribution in [0.3, 0.4) is 0 Å². The normalized spacial score (nSPS) is 10.8. The molecule has 0 bridgehead atoms. The van der Waals surface area contributed by atoms with Crippen molar-refractivity contribution in [1.29, 1.82) is 0 Å². The van der Waals surface area contributed by atoms with Gasteiger partial charge in [-0.1, -0.05) is 69.4 Å². The molecule has 0 heterocycles. The van der Waals surface area contributed by atoms with E-state index in [4.69, 9.17) is 0 Å². The number of unbranched alkanes of at least 4 members (excludes halogenated alkanes) is 3. The zero-order chi connectivity index (χ0) is 11.6. The van der Waals surface area contributed by atoms with Gasteiger partial charge in [0.2, 0.25) is 0 Å². The molecule has 1 aromatic carbocycles. The zero-order valence-corrected chi connectivity index (χ0v) is 14.0. The summed E-state index contributed by atoms with van der Waals surface area (Å²) in [6.07, 6.45) is 9.57. The van der Waals surface area contributed by atoms with Crippen LogP contribution in [0, 0.1) is 0 Å². The van der Waals surface area contributed by atoms with Gasteiger partial charge >= 0.3 is 51.4 Å². The van der Waals surface area contributed by atoms with E-state index in [1.807, 2.05) is 42.7 Å². The van der Waals surface area contributed by atoms with Crippen LogP contribution >= 0.6 is 0 Å². The van der Waals surface area contributed by atoms with E-state index in [1.165, 1.54) is 19.3 Å². The summed E-state index contributed by atoms with van der Waals surface area (Å²) in [7, 11) is 0. The summed E-state index contributed by atoms with van der Waals surface area (Å²) in [6.45, 7) is 2.19. The van der Waals surface area contributed by atoms with Crippen molar-refractivity contribution in [2.45, 2.75) is 39.0 Å². The summed E-state index contributed by atoms with van der Waals surface area (Å²) in [5.41, 5.74) is 1.86. The van der Waals surface area contributed by atoms with Gasteiger partial charge in [0.05, 0.1) is 0 Å². The van der Waals surface area contributed by atoms with E-state index < -0.39 is 0 Å².